The van der Waals surface area contributed by atoms with Crippen LogP contribution in [0.15, 0.2) is 24.4 Å². The van der Waals surface area contributed by atoms with Crippen molar-refractivity contribution in [1.29, 1.82) is 0 Å². The van der Waals surface area contributed by atoms with E-state index in [1.165, 1.54) is 12.1 Å². The molecule has 9 nitrogen and oxygen atoms in total. The number of nitrogens with zero attached hydrogens (tertiary/aromatic N) is 3. The highest BCUT2D eigenvalue weighted by Crippen LogP contribution is 2.48. The summed E-state index contributed by atoms with van der Waals surface area (Å²) in [6.07, 6.45) is 4.42. The molecule has 1 fully saturated rings. The maximum absolute atomic E-state index is 15.4. The molecule has 2 aromatic heterocycles. The number of hydrogen-bond acceptors (Lipinski definition) is 7. The molecule has 1 aromatic carbocycles. The summed E-state index contributed by atoms with van der Waals surface area (Å²) in [4.78, 5) is 16.7. The van der Waals surface area contributed by atoms with Gasteiger partial charge in [0.05, 0.1) is 23.3 Å². The second kappa shape index (κ2) is 8.30. The first kappa shape index (κ1) is 22.4. The summed E-state index contributed by atoms with van der Waals surface area (Å²) in [6, 6.07) is 4.32. The van der Waals surface area contributed by atoms with E-state index in [1.54, 1.807) is 12.3 Å². The van der Waals surface area contributed by atoms with E-state index in [0.717, 1.165) is 19.1 Å². The molecule has 0 spiro atoms. The Balaban J connectivity index is 1.88. The molecule has 32 heavy (non-hydrogen) atoms. The molecule has 2 heterocycles. The lowest BCUT2D eigenvalue weighted by atomic mass is 10.1. The molecule has 0 bridgehead atoms. The number of anilines is 2. The predicted molar refractivity (Wildman–Crippen MR) is 123 cm³/mol. The van der Waals surface area contributed by atoms with Gasteiger partial charge in [0.2, 0.25) is 16.0 Å². The van der Waals surface area contributed by atoms with Crippen molar-refractivity contribution in [3.8, 4) is 22.6 Å². The van der Waals surface area contributed by atoms with Crippen molar-refractivity contribution in [2.45, 2.75) is 25.2 Å². The van der Waals surface area contributed by atoms with Gasteiger partial charge in [0.25, 0.3) is 0 Å². The number of nitrogens with two attached hydrogens (primary N) is 1. The Kier molecular flexibility index (Phi) is 5.82. The quantitative estimate of drug-likeness (QED) is 0.389. The predicted octanol–water partition coefficient (Wildman–Crippen LogP) is 3.12. The fourth-order valence-corrected chi connectivity index (χ4v) is 4.03. The topological polar surface area (TPSA) is 139 Å². The van der Waals surface area contributed by atoms with Gasteiger partial charge in [-0.3, -0.25) is 4.72 Å². The van der Waals surface area contributed by atoms with Crippen LogP contribution in [-0.4, -0.2) is 47.7 Å². The van der Waals surface area contributed by atoms with Crippen molar-refractivity contribution < 1.29 is 12.8 Å². The maximum Gasteiger partial charge on any atom is 0.229 e. The van der Waals surface area contributed by atoms with Crippen LogP contribution < -0.4 is 15.8 Å². The number of imidazole rings is 1. The van der Waals surface area contributed by atoms with Crippen LogP contribution in [0.5, 0.6) is 0 Å². The summed E-state index contributed by atoms with van der Waals surface area (Å²) in [5.74, 6) is 0.295. The van der Waals surface area contributed by atoms with Crippen LogP contribution in [0.25, 0.3) is 22.6 Å². The summed E-state index contributed by atoms with van der Waals surface area (Å²) in [5, 5.41) is 3.18. The Bertz CT molecular complexity index is 1270. The maximum atomic E-state index is 15.4. The first-order chi connectivity index (χ1) is 15.1. The molecule has 1 aliphatic rings. The zero-order chi connectivity index (χ0) is 23.1. The molecule has 1 saturated carbocycles. The number of benzene rings is 1. The molecule has 0 unspecified atom stereocenters. The fourth-order valence-electron chi connectivity index (χ4n) is 3.27. The van der Waals surface area contributed by atoms with Crippen molar-refractivity contribution in [2.24, 2.45) is 5.73 Å². The number of rotatable bonds is 8. The molecule has 4 rings (SSSR count). The lowest BCUT2D eigenvalue weighted by Crippen LogP contribution is -2.14. The van der Waals surface area contributed by atoms with Crippen LogP contribution in [0.3, 0.4) is 0 Å². The Morgan fingerprint density at radius 1 is 1.31 bits per heavy atom. The van der Waals surface area contributed by atoms with Crippen LogP contribution in [0.2, 0.25) is 5.02 Å². The number of hydrogen-bond donors (Lipinski definition) is 4. The molecule has 12 heteroatoms. The molecule has 5 N–H and O–H groups in total. The molecule has 1 aliphatic carbocycles. The molecule has 0 amide bonds. The molecular weight excluding hydrogens is 457 g/mol. The van der Waals surface area contributed by atoms with Crippen LogP contribution in [0.4, 0.5) is 16.0 Å². The zero-order valence-electron chi connectivity index (χ0n) is 17.5. The van der Waals surface area contributed by atoms with Gasteiger partial charge in [-0.15, -0.1) is 0 Å². The highest BCUT2D eigenvalue weighted by Gasteiger charge is 2.43. The third kappa shape index (κ3) is 4.69. The van der Waals surface area contributed by atoms with E-state index in [4.69, 9.17) is 17.3 Å². The Morgan fingerprint density at radius 2 is 2.06 bits per heavy atom. The smallest absolute Gasteiger partial charge is 0.229 e. The van der Waals surface area contributed by atoms with Crippen molar-refractivity contribution >= 4 is 33.3 Å². The molecule has 0 atom stereocenters. The van der Waals surface area contributed by atoms with Crippen molar-refractivity contribution in [1.82, 2.24) is 19.9 Å². The number of nitrogens with one attached hydrogen (secondary N) is 3. The van der Waals surface area contributed by atoms with Crippen molar-refractivity contribution in [2.75, 3.05) is 29.4 Å². The van der Waals surface area contributed by atoms with Crippen LogP contribution >= 0.6 is 11.6 Å². The van der Waals surface area contributed by atoms with Gasteiger partial charge >= 0.3 is 0 Å². The Morgan fingerprint density at radius 3 is 2.72 bits per heavy atom. The minimum Gasteiger partial charge on any atom is -0.353 e. The summed E-state index contributed by atoms with van der Waals surface area (Å²) < 4.78 is 41.0. The normalized spacial score (nSPS) is 14.9. The minimum atomic E-state index is -3.72. The van der Waals surface area contributed by atoms with Gasteiger partial charge < -0.3 is 16.0 Å². The molecular formula is C20H23ClFN7O2S. The van der Waals surface area contributed by atoms with Crippen LogP contribution in [0.1, 0.15) is 25.6 Å². The third-order valence-electron chi connectivity index (χ3n) is 5.20. The van der Waals surface area contributed by atoms with Gasteiger partial charge in [0, 0.05) is 35.3 Å². The fraction of sp³-hybridized carbons (Fsp3) is 0.350. The first-order valence-electron chi connectivity index (χ1n) is 9.95. The second-order valence-corrected chi connectivity index (χ2v) is 10.2. The zero-order valence-corrected chi connectivity index (χ0v) is 19.1. The highest BCUT2D eigenvalue weighted by molar-refractivity contribution is 7.92. The van der Waals surface area contributed by atoms with Gasteiger partial charge in [0.15, 0.2) is 5.82 Å². The van der Waals surface area contributed by atoms with Crippen LogP contribution in [0, 0.1) is 5.82 Å². The largest absolute Gasteiger partial charge is 0.353 e. The van der Waals surface area contributed by atoms with E-state index in [2.05, 4.69) is 36.9 Å². The lowest BCUT2D eigenvalue weighted by molar-refractivity contribution is 0.604. The summed E-state index contributed by atoms with van der Waals surface area (Å²) in [6.45, 7) is 2.97. The van der Waals surface area contributed by atoms with E-state index < -0.39 is 15.8 Å². The van der Waals surface area contributed by atoms with Gasteiger partial charge in [-0.2, -0.15) is 0 Å². The first-order valence-corrected chi connectivity index (χ1v) is 12.2. The lowest BCUT2D eigenvalue weighted by Gasteiger charge is -2.11. The minimum absolute atomic E-state index is 0.0560. The monoisotopic (exact) mass is 479 g/mol. The number of H-pyrrole nitrogens is 1. The highest BCUT2D eigenvalue weighted by atomic mass is 35.5. The van der Waals surface area contributed by atoms with E-state index in [0.29, 0.717) is 36.3 Å². The summed E-state index contributed by atoms with van der Waals surface area (Å²) in [7, 11) is -3.72. The molecule has 0 aliphatic heterocycles. The average Bonchev–Trinajstić information content (AvgIpc) is 3.31. The number of aromatic amines is 1. The van der Waals surface area contributed by atoms with E-state index in [9.17, 15) is 8.42 Å². The van der Waals surface area contributed by atoms with E-state index >= 15 is 4.39 Å². The molecule has 0 saturated heterocycles. The third-order valence-corrected chi connectivity index (χ3v) is 6.01. The van der Waals surface area contributed by atoms with Crippen molar-refractivity contribution in [3.63, 3.8) is 0 Å². The van der Waals surface area contributed by atoms with Gasteiger partial charge in [0.1, 0.15) is 11.5 Å². The Hall–Kier alpha value is -2.76. The number of aromatic nitrogens is 4. The number of sulfonamides is 1. The SMILES string of the molecule is CC1(c2nc(-c3cc(Cl)cc(NS(C)(=O)=O)c3F)c(-c3ccnc(NCCN)n3)[nH]2)CC1. The Labute approximate surface area is 190 Å². The number of halogens is 2. The van der Waals surface area contributed by atoms with E-state index in [1.807, 2.05) is 0 Å². The second-order valence-electron chi connectivity index (χ2n) is 8.04. The van der Waals surface area contributed by atoms with Crippen molar-refractivity contribution in [3.05, 3.63) is 41.1 Å². The summed E-state index contributed by atoms with van der Waals surface area (Å²) >= 11 is 6.20. The molecule has 170 valence electrons. The van der Waals surface area contributed by atoms with Gasteiger partial charge in [-0.1, -0.05) is 18.5 Å². The standard InChI is InChI=1S/C20H23ClFN7O2S/c1-20(4-5-20)18-27-16(12-9-11(21)10-14(15(12)22)29-32(2,30)31)17(28-18)13-3-7-24-19(26-13)25-8-6-23/h3,7,9-10,29H,4-6,8,23H2,1-2H3,(H,27,28)(H,24,25,26). The van der Waals surface area contributed by atoms with E-state index in [-0.39, 0.29) is 27.4 Å². The van der Waals surface area contributed by atoms with Gasteiger partial charge in [-0.05, 0) is 31.0 Å². The van der Waals surface area contributed by atoms with Gasteiger partial charge in [-0.25, -0.2) is 27.8 Å². The van der Waals surface area contributed by atoms with Crippen LogP contribution in [-0.2, 0) is 15.4 Å². The molecule has 0 radical (unpaired) electrons. The molecule has 3 aromatic rings. The summed E-state index contributed by atoms with van der Waals surface area (Å²) in [5.41, 5.74) is 6.47. The average molecular weight is 480 g/mol.